The molecule has 0 unspecified atom stereocenters. The van der Waals surface area contributed by atoms with E-state index in [0.29, 0.717) is 19.6 Å². The van der Waals surface area contributed by atoms with E-state index >= 15 is 0 Å². The third kappa shape index (κ3) is 7.10. The Balaban J connectivity index is 1.78. The lowest BCUT2D eigenvalue weighted by molar-refractivity contribution is -0.136. The van der Waals surface area contributed by atoms with Gasteiger partial charge < -0.3 is 19.7 Å². The van der Waals surface area contributed by atoms with Crippen LogP contribution in [0.15, 0.2) is 61.2 Å². The molecular formula is C23H25ClF3N5S. The monoisotopic (exact) mass is 495 g/mol. The molecule has 1 aromatic heterocycles. The van der Waals surface area contributed by atoms with Gasteiger partial charge in [0.2, 0.25) is 0 Å². The Hall–Kier alpha value is -2.78. The number of alkyl halides is 3. The number of nitrogens with one attached hydrogen (secondary N) is 1. The van der Waals surface area contributed by atoms with Crippen molar-refractivity contribution in [2.45, 2.75) is 25.7 Å². The first-order chi connectivity index (χ1) is 15.6. The molecule has 0 aliphatic rings. The van der Waals surface area contributed by atoms with E-state index in [1.165, 1.54) is 12.1 Å². The molecule has 0 bridgehead atoms. The summed E-state index contributed by atoms with van der Waals surface area (Å²) in [5.41, 5.74) is 1.08. The molecule has 176 valence electrons. The number of imidazole rings is 1. The van der Waals surface area contributed by atoms with Crippen molar-refractivity contribution in [2.75, 3.05) is 30.9 Å². The Kier molecular flexibility index (Phi) is 8.20. The van der Waals surface area contributed by atoms with Crippen molar-refractivity contribution in [3.8, 4) is 0 Å². The minimum absolute atomic E-state index is 0.0111. The van der Waals surface area contributed by atoms with Crippen LogP contribution in [-0.2, 0) is 19.3 Å². The molecule has 3 rings (SSSR count). The van der Waals surface area contributed by atoms with Crippen LogP contribution in [-0.4, -0.2) is 40.2 Å². The summed E-state index contributed by atoms with van der Waals surface area (Å²) in [7, 11) is 3.92. The second kappa shape index (κ2) is 10.9. The van der Waals surface area contributed by atoms with E-state index in [2.05, 4.69) is 10.3 Å². The second-order valence-corrected chi connectivity index (χ2v) is 8.58. The van der Waals surface area contributed by atoms with Gasteiger partial charge in [0.15, 0.2) is 5.11 Å². The quantitative estimate of drug-likeness (QED) is 0.393. The maximum absolute atomic E-state index is 13.5. The highest BCUT2D eigenvalue weighted by Crippen LogP contribution is 2.36. The van der Waals surface area contributed by atoms with Crippen LogP contribution < -0.4 is 10.2 Å². The maximum Gasteiger partial charge on any atom is 0.418 e. The van der Waals surface area contributed by atoms with Crippen LogP contribution >= 0.6 is 23.8 Å². The lowest BCUT2D eigenvalue weighted by atomic mass is 10.1. The summed E-state index contributed by atoms with van der Waals surface area (Å²) in [6, 6.07) is 11.6. The summed E-state index contributed by atoms with van der Waals surface area (Å²) in [5.74, 6) is 0. The van der Waals surface area contributed by atoms with Gasteiger partial charge in [0.25, 0.3) is 0 Å². The summed E-state index contributed by atoms with van der Waals surface area (Å²) in [4.78, 5) is 7.90. The number of hydrogen-bond acceptors (Lipinski definition) is 3. The van der Waals surface area contributed by atoms with E-state index in [4.69, 9.17) is 23.8 Å². The molecule has 0 atom stereocenters. The zero-order valence-corrected chi connectivity index (χ0v) is 19.9. The zero-order valence-electron chi connectivity index (χ0n) is 18.3. The standard InChI is InChI=1S/C23H25ClF3N5S/c1-30(2)19-7-4-17(5-8-19)15-32(12-3-11-31-13-10-28-16-31)22(33)29-21-9-6-18(24)14-20(21)23(25,26)27/h4-10,13-14,16H,3,11-12,15H2,1-2H3,(H,29,33). The van der Waals surface area contributed by atoms with Gasteiger partial charge >= 0.3 is 6.18 Å². The first-order valence-corrected chi connectivity index (χ1v) is 11.1. The van der Waals surface area contributed by atoms with Crippen molar-refractivity contribution < 1.29 is 13.2 Å². The van der Waals surface area contributed by atoms with Gasteiger partial charge in [-0.2, -0.15) is 13.2 Å². The molecule has 0 aliphatic carbocycles. The number of hydrogen-bond donors (Lipinski definition) is 1. The third-order valence-electron chi connectivity index (χ3n) is 5.05. The van der Waals surface area contributed by atoms with Crippen LogP contribution in [0.2, 0.25) is 5.02 Å². The molecule has 0 spiro atoms. The van der Waals surface area contributed by atoms with E-state index in [1.807, 2.05) is 58.9 Å². The molecule has 1 heterocycles. The van der Waals surface area contributed by atoms with E-state index < -0.39 is 11.7 Å². The van der Waals surface area contributed by atoms with Crippen LogP contribution in [0, 0.1) is 0 Å². The lowest BCUT2D eigenvalue weighted by Crippen LogP contribution is -2.36. The van der Waals surface area contributed by atoms with E-state index in [-0.39, 0.29) is 15.8 Å². The molecule has 0 radical (unpaired) electrons. The number of halogens is 4. The molecule has 0 saturated carbocycles. The molecule has 1 N–H and O–H groups in total. The summed E-state index contributed by atoms with van der Waals surface area (Å²) in [6.45, 7) is 1.72. The highest BCUT2D eigenvalue weighted by atomic mass is 35.5. The average molecular weight is 496 g/mol. The smallest absolute Gasteiger partial charge is 0.378 e. The number of thiocarbonyl (C=S) groups is 1. The molecule has 33 heavy (non-hydrogen) atoms. The Morgan fingerprint density at radius 3 is 2.48 bits per heavy atom. The van der Waals surface area contributed by atoms with Gasteiger partial charge in [0.05, 0.1) is 17.6 Å². The SMILES string of the molecule is CN(C)c1ccc(CN(CCCn2ccnc2)C(=S)Nc2ccc(Cl)cc2C(F)(F)F)cc1. The fourth-order valence-electron chi connectivity index (χ4n) is 3.29. The number of aromatic nitrogens is 2. The second-order valence-electron chi connectivity index (χ2n) is 7.75. The highest BCUT2D eigenvalue weighted by molar-refractivity contribution is 7.80. The van der Waals surface area contributed by atoms with Crippen molar-refractivity contribution >= 4 is 40.3 Å². The molecule has 0 aliphatic heterocycles. The van der Waals surface area contributed by atoms with Crippen molar-refractivity contribution in [2.24, 2.45) is 0 Å². The Morgan fingerprint density at radius 2 is 1.88 bits per heavy atom. The van der Waals surface area contributed by atoms with Gasteiger partial charge in [-0.1, -0.05) is 23.7 Å². The van der Waals surface area contributed by atoms with Crippen LogP contribution in [0.25, 0.3) is 0 Å². The number of rotatable bonds is 8. The first kappa shape index (κ1) is 24.9. The molecule has 10 heteroatoms. The Morgan fingerprint density at radius 1 is 1.15 bits per heavy atom. The topological polar surface area (TPSA) is 36.3 Å². The van der Waals surface area contributed by atoms with Gasteiger partial charge in [-0.15, -0.1) is 0 Å². The molecule has 0 saturated heterocycles. The fourth-order valence-corrected chi connectivity index (χ4v) is 3.73. The van der Waals surface area contributed by atoms with E-state index in [0.717, 1.165) is 23.7 Å². The minimum Gasteiger partial charge on any atom is -0.378 e. The number of aryl methyl sites for hydroxylation is 1. The summed E-state index contributed by atoms with van der Waals surface area (Å²) < 4.78 is 42.5. The summed E-state index contributed by atoms with van der Waals surface area (Å²) in [5, 5.41) is 3.01. The average Bonchev–Trinajstić information content (AvgIpc) is 3.27. The predicted molar refractivity (Wildman–Crippen MR) is 131 cm³/mol. The van der Waals surface area contributed by atoms with Crippen LogP contribution in [0.1, 0.15) is 17.5 Å². The number of nitrogens with zero attached hydrogens (tertiary/aromatic N) is 4. The van der Waals surface area contributed by atoms with Crippen molar-refractivity contribution in [1.82, 2.24) is 14.5 Å². The first-order valence-electron chi connectivity index (χ1n) is 10.3. The van der Waals surface area contributed by atoms with Crippen molar-refractivity contribution in [1.29, 1.82) is 0 Å². The molecule has 2 aromatic carbocycles. The number of anilines is 2. The Bertz CT molecular complexity index is 1050. The van der Waals surface area contributed by atoms with Crippen LogP contribution in [0.3, 0.4) is 0 Å². The minimum atomic E-state index is -4.56. The fraction of sp³-hybridized carbons (Fsp3) is 0.304. The molecule has 0 fully saturated rings. The normalized spacial score (nSPS) is 11.3. The lowest BCUT2D eigenvalue weighted by Gasteiger charge is -2.27. The van der Waals surface area contributed by atoms with E-state index in [1.54, 1.807) is 12.5 Å². The van der Waals surface area contributed by atoms with Crippen LogP contribution in [0.5, 0.6) is 0 Å². The van der Waals surface area contributed by atoms with E-state index in [9.17, 15) is 13.2 Å². The zero-order chi connectivity index (χ0) is 24.0. The highest BCUT2D eigenvalue weighted by Gasteiger charge is 2.34. The third-order valence-corrected chi connectivity index (χ3v) is 5.64. The van der Waals surface area contributed by atoms with Gasteiger partial charge in [0, 0.05) is 56.8 Å². The van der Waals surface area contributed by atoms with Crippen molar-refractivity contribution in [3.63, 3.8) is 0 Å². The molecule has 5 nitrogen and oxygen atoms in total. The largest absolute Gasteiger partial charge is 0.418 e. The molecule has 3 aromatic rings. The summed E-state index contributed by atoms with van der Waals surface area (Å²) >= 11 is 11.3. The van der Waals surface area contributed by atoms with Gasteiger partial charge in [0.1, 0.15) is 0 Å². The van der Waals surface area contributed by atoms with Crippen LogP contribution in [0.4, 0.5) is 24.5 Å². The number of benzene rings is 2. The van der Waals surface area contributed by atoms with Gasteiger partial charge in [-0.25, -0.2) is 4.98 Å². The molecular weight excluding hydrogens is 471 g/mol. The van der Waals surface area contributed by atoms with Crippen molar-refractivity contribution in [3.05, 3.63) is 77.3 Å². The van der Waals surface area contributed by atoms with Gasteiger partial charge in [-0.05, 0) is 54.5 Å². The maximum atomic E-state index is 13.5. The molecule has 0 amide bonds. The summed E-state index contributed by atoms with van der Waals surface area (Å²) in [6.07, 6.45) is 1.47. The Labute approximate surface area is 201 Å². The van der Waals surface area contributed by atoms with Gasteiger partial charge in [-0.3, -0.25) is 0 Å². The predicted octanol–water partition coefficient (Wildman–Crippen LogP) is 5.91.